The summed E-state index contributed by atoms with van der Waals surface area (Å²) in [4.78, 5) is 6.85. The average molecular weight is 275 g/mol. The Kier molecular flexibility index (Phi) is 3.82. The first-order valence-corrected chi connectivity index (χ1v) is 7.27. The van der Waals surface area contributed by atoms with Gasteiger partial charge in [-0.15, -0.1) is 0 Å². The highest BCUT2D eigenvalue weighted by atomic mass is 16.5. The van der Waals surface area contributed by atoms with E-state index in [1.165, 1.54) is 19.3 Å². The van der Waals surface area contributed by atoms with E-state index in [0.717, 1.165) is 19.0 Å². The van der Waals surface area contributed by atoms with Crippen LogP contribution in [0.3, 0.4) is 0 Å². The zero-order valence-electron chi connectivity index (χ0n) is 12.1. The van der Waals surface area contributed by atoms with Gasteiger partial charge in [0.05, 0.1) is 12.6 Å². The minimum Gasteiger partial charge on any atom is -0.338 e. The fraction of sp³-hybridized carbons (Fsp3) is 0.643. The molecule has 0 aromatic carbocycles. The minimum absolute atomic E-state index is 0.164. The molecule has 0 N–H and O–H groups in total. The van der Waals surface area contributed by atoms with Crippen LogP contribution in [0.5, 0.6) is 0 Å². The molecule has 2 atom stereocenters. The number of hydrogen-bond acceptors (Lipinski definition) is 5. The summed E-state index contributed by atoms with van der Waals surface area (Å²) in [6, 6.07) is 2.61. The largest absolute Gasteiger partial charge is 0.338 e. The van der Waals surface area contributed by atoms with Crippen molar-refractivity contribution in [2.45, 2.75) is 51.7 Å². The second-order valence-corrected chi connectivity index (χ2v) is 5.47. The van der Waals surface area contributed by atoms with E-state index in [2.05, 4.69) is 27.1 Å². The molecule has 3 rings (SSSR count). The van der Waals surface area contributed by atoms with Gasteiger partial charge in [0, 0.05) is 18.4 Å². The lowest BCUT2D eigenvalue weighted by atomic mass is 10.00. The first kappa shape index (κ1) is 13.3. The number of nitrogens with zero attached hydrogens (tertiary/aromatic N) is 5. The lowest BCUT2D eigenvalue weighted by Gasteiger charge is -2.38. The Bertz CT molecular complexity index is 536. The Morgan fingerprint density at radius 1 is 1.45 bits per heavy atom. The smallest absolute Gasteiger partial charge is 0.243 e. The molecule has 0 radical (unpaired) electrons. The van der Waals surface area contributed by atoms with Crippen LogP contribution in [0, 0.1) is 6.92 Å². The van der Waals surface area contributed by atoms with Crippen LogP contribution in [0.15, 0.2) is 23.0 Å². The van der Waals surface area contributed by atoms with Crippen molar-refractivity contribution >= 4 is 0 Å². The fourth-order valence-electron chi connectivity index (χ4n) is 2.98. The van der Waals surface area contributed by atoms with Gasteiger partial charge in [-0.3, -0.25) is 9.58 Å². The van der Waals surface area contributed by atoms with Gasteiger partial charge in [0.2, 0.25) is 5.89 Å². The maximum Gasteiger partial charge on any atom is 0.243 e. The van der Waals surface area contributed by atoms with Gasteiger partial charge in [-0.05, 0) is 39.3 Å². The summed E-state index contributed by atoms with van der Waals surface area (Å²) < 4.78 is 7.35. The number of aryl methyl sites for hydroxylation is 1. The van der Waals surface area contributed by atoms with Gasteiger partial charge < -0.3 is 4.52 Å². The second kappa shape index (κ2) is 5.75. The molecule has 2 aromatic rings. The van der Waals surface area contributed by atoms with E-state index < -0.39 is 0 Å². The van der Waals surface area contributed by atoms with E-state index in [1.54, 1.807) is 0 Å². The molecule has 1 saturated heterocycles. The molecule has 108 valence electrons. The van der Waals surface area contributed by atoms with Crippen LogP contribution in [0.2, 0.25) is 0 Å². The van der Waals surface area contributed by atoms with Crippen molar-refractivity contribution in [3.05, 3.63) is 30.2 Å². The summed E-state index contributed by atoms with van der Waals surface area (Å²) in [5, 5.41) is 8.22. The number of rotatable bonds is 4. The van der Waals surface area contributed by atoms with Gasteiger partial charge >= 0.3 is 0 Å². The highest BCUT2D eigenvalue weighted by Gasteiger charge is 2.30. The van der Waals surface area contributed by atoms with E-state index in [1.807, 2.05) is 30.1 Å². The molecular weight excluding hydrogens is 254 g/mol. The maximum atomic E-state index is 5.34. The molecule has 0 spiro atoms. The minimum atomic E-state index is 0.164. The van der Waals surface area contributed by atoms with Gasteiger partial charge in [-0.1, -0.05) is 11.6 Å². The third kappa shape index (κ3) is 2.75. The highest BCUT2D eigenvalue weighted by Crippen LogP contribution is 2.28. The summed E-state index contributed by atoms with van der Waals surface area (Å²) in [5.74, 6) is 1.42. The fourth-order valence-corrected chi connectivity index (χ4v) is 2.98. The van der Waals surface area contributed by atoms with Crippen LogP contribution in [0.4, 0.5) is 0 Å². The predicted octanol–water partition coefficient (Wildman–Crippen LogP) is 2.19. The monoisotopic (exact) mass is 275 g/mol. The van der Waals surface area contributed by atoms with Crippen LogP contribution in [-0.4, -0.2) is 37.4 Å². The number of likely N-dealkylation sites (tertiary alicyclic amines) is 1. The van der Waals surface area contributed by atoms with Gasteiger partial charge in [-0.25, -0.2) is 0 Å². The van der Waals surface area contributed by atoms with E-state index in [-0.39, 0.29) is 6.04 Å². The zero-order chi connectivity index (χ0) is 13.9. The SMILES string of the molecule is Cc1noc([C@@H](C)N2CCCC[C@H]2Cn2cccn2)n1. The van der Waals surface area contributed by atoms with Crippen molar-refractivity contribution in [1.82, 2.24) is 24.8 Å². The van der Waals surface area contributed by atoms with Crippen molar-refractivity contribution in [1.29, 1.82) is 0 Å². The third-order valence-electron chi connectivity index (χ3n) is 4.03. The molecule has 6 nitrogen and oxygen atoms in total. The summed E-state index contributed by atoms with van der Waals surface area (Å²) in [6.45, 7) is 6.00. The number of hydrogen-bond donors (Lipinski definition) is 0. The molecule has 0 unspecified atom stereocenters. The number of piperidine rings is 1. The van der Waals surface area contributed by atoms with Crippen molar-refractivity contribution in [3.8, 4) is 0 Å². The Hall–Kier alpha value is -1.69. The molecule has 0 bridgehead atoms. The summed E-state index contributed by atoms with van der Waals surface area (Å²) in [6.07, 6.45) is 7.55. The van der Waals surface area contributed by atoms with Gasteiger partial charge in [0.1, 0.15) is 0 Å². The standard InChI is InChI=1S/C14H21N5O/c1-11(14-16-12(2)17-20-14)19-9-4-3-6-13(19)10-18-8-5-7-15-18/h5,7-8,11,13H,3-4,6,9-10H2,1-2H3/t11-,13+/m1/s1. The topological polar surface area (TPSA) is 60.0 Å². The van der Waals surface area contributed by atoms with Crippen LogP contribution in [0.1, 0.15) is 43.9 Å². The highest BCUT2D eigenvalue weighted by molar-refractivity contribution is 4.94. The van der Waals surface area contributed by atoms with E-state index in [4.69, 9.17) is 4.52 Å². The van der Waals surface area contributed by atoms with Gasteiger partial charge in [-0.2, -0.15) is 10.1 Å². The number of aromatic nitrogens is 4. The van der Waals surface area contributed by atoms with Crippen molar-refractivity contribution < 1.29 is 4.52 Å². The molecule has 2 aromatic heterocycles. The molecule has 1 aliphatic rings. The molecule has 20 heavy (non-hydrogen) atoms. The molecule has 6 heteroatoms. The predicted molar refractivity (Wildman–Crippen MR) is 74.0 cm³/mol. The van der Waals surface area contributed by atoms with Crippen LogP contribution >= 0.6 is 0 Å². The lowest BCUT2D eigenvalue weighted by Crippen LogP contribution is -2.43. The zero-order valence-corrected chi connectivity index (χ0v) is 12.1. The normalized spacial score (nSPS) is 22.0. The summed E-state index contributed by atoms with van der Waals surface area (Å²) in [7, 11) is 0. The van der Waals surface area contributed by atoms with Crippen LogP contribution in [0.25, 0.3) is 0 Å². The average Bonchev–Trinajstić information content (AvgIpc) is 3.10. The van der Waals surface area contributed by atoms with E-state index >= 15 is 0 Å². The molecular formula is C14H21N5O. The lowest BCUT2D eigenvalue weighted by molar-refractivity contribution is 0.0719. The van der Waals surface area contributed by atoms with Crippen LogP contribution < -0.4 is 0 Å². The van der Waals surface area contributed by atoms with Crippen molar-refractivity contribution in [2.75, 3.05) is 6.54 Å². The molecule has 0 saturated carbocycles. The molecule has 1 fully saturated rings. The molecule has 1 aliphatic heterocycles. The quantitative estimate of drug-likeness (QED) is 0.856. The molecule has 0 aliphatic carbocycles. The van der Waals surface area contributed by atoms with Crippen LogP contribution in [-0.2, 0) is 6.54 Å². The first-order chi connectivity index (χ1) is 9.74. The third-order valence-corrected chi connectivity index (χ3v) is 4.03. The molecule has 0 amide bonds. The van der Waals surface area contributed by atoms with Gasteiger partial charge in [0.25, 0.3) is 0 Å². The van der Waals surface area contributed by atoms with E-state index in [0.29, 0.717) is 11.9 Å². The second-order valence-electron chi connectivity index (χ2n) is 5.47. The van der Waals surface area contributed by atoms with Crippen molar-refractivity contribution in [2.24, 2.45) is 0 Å². The molecule has 3 heterocycles. The summed E-state index contributed by atoms with van der Waals surface area (Å²) in [5.41, 5.74) is 0. The van der Waals surface area contributed by atoms with E-state index in [9.17, 15) is 0 Å². The Morgan fingerprint density at radius 3 is 3.05 bits per heavy atom. The maximum absolute atomic E-state index is 5.34. The Balaban J connectivity index is 1.74. The Labute approximate surface area is 118 Å². The summed E-state index contributed by atoms with van der Waals surface area (Å²) >= 11 is 0. The van der Waals surface area contributed by atoms with Crippen molar-refractivity contribution in [3.63, 3.8) is 0 Å². The first-order valence-electron chi connectivity index (χ1n) is 7.27. The Morgan fingerprint density at radius 2 is 2.35 bits per heavy atom. The van der Waals surface area contributed by atoms with Gasteiger partial charge in [0.15, 0.2) is 5.82 Å².